The van der Waals surface area contributed by atoms with Gasteiger partial charge in [0.25, 0.3) is 0 Å². The zero-order chi connectivity index (χ0) is 10.9. The first-order chi connectivity index (χ1) is 7.29. The summed E-state index contributed by atoms with van der Waals surface area (Å²) in [5.41, 5.74) is 0. The molecule has 0 aromatic carbocycles. The van der Waals surface area contributed by atoms with Crippen molar-refractivity contribution in [3.8, 4) is 0 Å². The molecule has 0 amide bonds. The average Bonchev–Trinajstić information content (AvgIpc) is 2.24. The van der Waals surface area contributed by atoms with Gasteiger partial charge in [-0.15, -0.1) is 0 Å². The van der Waals surface area contributed by atoms with Crippen LogP contribution in [0.1, 0.15) is 53.8 Å². The standard InChI is InChI=1S/C12H25NS2.H2/c1-11(2)13-9-5-3-4-7-12-8-6-10-14-15-12;/h11-13H,3-10H2,1-2H3;1H. The summed E-state index contributed by atoms with van der Waals surface area (Å²) in [4.78, 5) is 0. The molecule has 15 heavy (non-hydrogen) atoms. The number of hydrogen-bond acceptors (Lipinski definition) is 3. The third-order valence-electron chi connectivity index (χ3n) is 2.71. The van der Waals surface area contributed by atoms with E-state index in [4.69, 9.17) is 0 Å². The van der Waals surface area contributed by atoms with Crippen LogP contribution in [-0.2, 0) is 0 Å². The fourth-order valence-electron chi connectivity index (χ4n) is 1.82. The van der Waals surface area contributed by atoms with Crippen LogP contribution in [0.5, 0.6) is 0 Å². The second kappa shape index (κ2) is 8.77. The van der Waals surface area contributed by atoms with Crippen molar-refractivity contribution in [3.63, 3.8) is 0 Å². The molecule has 1 nitrogen and oxygen atoms in total. The van der Waals surface area contributed by atoms with Crippen molar-refractivity contribution >= 4 is 21.6 Å². The molecule has 1 heterocycles. The summed E-state index contributed by atoms with van der Waals surface area (Å²) in [5.74, 6) is 1.37. The maximum Gasteiger partial charge on any atom is 0.0151 e. The number of unbranched alkanes of at least 4 members (excludes halogenated alkanes) is 2. The van der Waals surface area contributed by atoms with Gasteiger partial charge < -0.3 is 5.32 Å². The molecule has 0 saturated carbocycles. The molecule has 1 N–H and O–H groups in total. The van der Waals surface area contributed by atoms with Gasteiger partial charge in [0, 0.05) is 18.5 Å². The summed E-state index contributed by atoms with van der Waals surface area (Å²) in [6.45, 7) is 5.63. The lowest BCUT2D eigenvalue weighted by Crippen LogP contribution is -2.23. The van der Waals surface area contributed by atoms with Gasteiger partial charge in [-0.1, -0.05) is 48.3 Å². The van der Waals surface area contributed by atoms with Gasteiger partial charge in [-0.05, 0) is 32.2 Å². The van der Waals surface area contributed by atoms with Gasteiger partial charge in [-0.25, -0.2) is 0 Å². The van der Waals surface area contributed by atoms with Crippen molar-refractivity contribution in [3.05, 3.63) is 0 Å². The molecule has 0 spiro atoms. The Balaban J connectivity index is 0.00000225. The number of nitrogens with one attached hydrogen (secondary N) is 1. The molecule has 0 radical (unpaired) electrons. The largest absolute Gasteiger partial charge is 0.315 e. The van der Waals surface area contributed by atoms with Crippen LogP contribution in [0, 0.1) is 0 Å². The Hall–Kier alpha value is 0.660. The lowest BCUT2D eigenvalue weighted by molar-refractivity contribution is 0.535. The van der Waals surface area contributed by atoms with Gasteiger partial charge in [-0.3, -0.25) is 0 Å². The lowest BCUT2D eigenvalue weighted by Gasteiger charge is -2.20. The summed E-state index contributed by atoms with van der Waals surface area (Å²) in [6.07, 6.45) is 8.53. The fourth-order valence-corrected chi connectivity index (χ4v) is 4.72. The van der Waals surface area contributed by atoms with Crippen LogP contribution in [0.25, 0.3) is 0 Å². The molecule has 92 valence electrons. The normalized spacial score (nSPS) is 22.2. The van der Waals surface area contributed by atoms with E-state index in [1.54, 1.807) is 0 Å². The van der Waals surface area contributed by atoms with Crippen molar-refractivity contribution < 1.29 is 1.43 Å². The third kappa shape index (κ3) is 7.53. The van der Waals surface area contributed by atoms with Crippen molar-refractivity contribution in [2.24, 2.45) is 0 Å². The second-order valence-corrected chi connectivity index (χ2v) is 7.43. The smallest absolute Gasteiger partial charge is 0.0151 e. The Labute approximate surface area is 104 Å². The number of hydrogen-bond donors (Lipinski definition) is 1. The zero-order valence-electron chi connectivity index (χ0n) is 10.1. The topological polar surface area (TPSA) is 12.0 Å². The molecule has 0 aromatic rings. The molecule has 0 bridgehead atoms. The van der Waals surface area contributed by atoms with Crippen molar-refractivity contribution in [1.29, 1.82) is 0 Å². The van der Waals surface area contributed by atoms with E-state index in [1.165, 1.54) is 50.8 Å². The Morgan fingerprint density at radius 1 is 1.33 bits per heavy atom. The highest BCUT2D eigenvalue weighted by Crippen LogP contribution is 2.37. The summed E-state index contributed by atoms with van der Waals surface area (Å²) in [7, 11) is 4.21. The molecule has 1 aliphatic rings. The average molecular weight is 249 g/mol. The van der Waals surface area contributed by atoms with Crippen LogP contribution in [0.4, 0.5) is 0 Å². The predicted octanol–water partition coefficient (Wildman–Crippen LogP) is 4.33. The van der Waals surface area contributed by atoms with E-state index >= 15 is 0 Å². The number of rotatable bonds is 7. The lowest BCUT2D eigenvalue weighted by atomic mass is 10.1. The highest BCUT2D eigenvalue weighted by Gasteiger charge is 2.13. The molecule has 1 aliphatic heterocycles. The van der Waals surface area contributed by atoms with Gasteiger partial charge >= 0.3 is 0 Å². The molecule has 1 atom stereocenters. The molecule has 3 heteroatoms. The van der Waals surface area contributed by atoms with Crippen LogP contribution in [0.2, 0.25) is 0 Å². The van der Waals surface area contributed by atoms with E-state index in [9.17, 15) is 0 Å². The van der Waals surface area contributed by atoms with Gasteiger partial charge in [0.15, 0.2) is 0 Å². The first-order valence-corrected chi connectivity index (χ1v) is 8.69. The maximum absolute atomic E-state index is 3.47. The Morgan fingerprint density at radius 2 is 2.20 bits per heavy atom. The Kier molecular flexibility index (Phi) is 8.02. The predicted molar refractivity (Wildman–Crippen MR) is 76.8 cm³/mol. The Bertz CT molecular complexity index is 150. The van der Waals surface area contributed by atoms with Gasteiger partial charge in [0.1, 0.15) is 0 Å². The van der Waals surface area contributed by atoms with E-state index in [-0.39, 0.29) is 1.43 Å². The van der Waals surface area contributed by atoms with Crippen LogP contribution in [0.15, 0.2) is 0 Å². The van der Waals surface area contributed by atoms with Gasteiger partial charge in [0.05, 0.1) is 0 Å². The molecule has 0 aliphatic carbocycles. The fraction of sp³-hybridized carbons (Fsp3) is 1.00. The van der Waals surface area contributed by atoms with Crippen LogP contribution in [-0.4, -0.2) is 23.6 Å². The maximum atomic E-state index is 3.47. The van der Waals surface area contributed by atoms with Gasteiger partial charge in [-0.2, -0.15) is 0 Å². The van der Waals surface area contributed by atoms with E-state index in [0.717, 1.165) is 5.25 Å². The summed E-state index contributed by atoms with van der Waals surface area (Å²) < 4.78 is 0. The first-order valence-electron chi connectivity index (χ1n) is 6.30. The van der Waals surface area contributed by atoms with Gasteiger partial charge in [0.2, 0.25) is 0 Å². The van der Waals surface area contributed by atoms with Crippen LogP contribution >= 0.6 is 21.6 Å². The quantitative estimate of drug-likeness (QED) is 0.532. The van der Waals surface area contributed by atoms with E-state index in [0.29, 0.717) is 6.04 Å². The van der Waals surface area contributed by atoms with Crippen LogP contribution < -0.4 is 5.32 Å². The molecule has 1 unspecified atom stereocenters. The monoisotopic (exact) mass is 249 g/mol. The van der Waals surface area contributed by atoms with E-state index in [1.807, 2.05) is 0 Å². The van der Waals surface area contributed by atoms with E-state index in [2.05, 4.69) is 40.8 Å². The molecule has 1 saturated heterocycles. The molecular weight excluding hydrogens is 222 g/mol. The van der Waals surface area contributed by atoms with E-state index < -0.39 is 0 Å². The minimum absolute atomic E-state index is 0. The van der Waals surface area contributed by atoms with Crippen molar-refractivity contribution in [2.45, 2.75) is 63.7 Å². The summed E-state index contributed by atoms with van der Waals surface area (Å²) in [6, 6.07) is 0.648. The molecule has 0 aromatic heterocycles. The van der Waals surface area contributed by atoms with Crippen LogP contribution in [0.3, 0.4) is 0 Å². The summed E-state index contributed by atoms with van der Waals surface area (Å²) in [5, 5.41) is 4.43. The first kappa shape index (κ1) is 13.7. The van der Waals surface area contributed by atoms with Crippen molar-refractivity contribution in [1.82, 2.24) is 5.32 Å². The minimum Gasteiger partial charge on any atom is -0.315 e. The van der Waals surface area contributed by atoms with Crippen molar-refractivity contribution in [2.75, 3.05) is 12.3 Å². The molecule has 1 rings (SSSR count). The highest BCUT2D eigenvalue weighted by atomic mass is 33.1. The Morgan fingerprint density at radius 3 is 2.87 bits per heavy atom. The second-order valence-electron chi connectivity index (χ2n) is 4.64. The molecule has 1 fully saturated rings. The third-order valence-corrected chi connectivity index (χ3v) is 5.77. The molecular formula is C12H27NS2. The minimum atomic E-state index is 0. The SMILES string of the molecule is CC(C)NCCCCCC1CCCSS1.[HH]. The summed E-state index contributed by atoms with van der Waals surface area (Å²) >= 11 is 0. The highest BCUT2D eigenvalue weighted by molar-refractivity contribution is 8.77. The zero-order valence-corrected chi connectivity index (χ0v) is 11.8.